The monoisotopic (exact) mass is 366 g/mol. The number of nitrogens with zero attached hydrogens (tertiary/aromatic N) is 4. The molecule has 0 aromatic carbocycles. The molecule has 1 aromatic heterocycles. The summed E-state index contributed by atoms with van der Waals surface area (Å²) in [4.78, 5) is 4.60. The number of aliphatic imine (C=N–C) groups is 1. The average molecular weight is 367 g/mol. The van der Waals surface area contributed by atoms with Crippen molar-refractivity contribution in [1.82, 2.24) is 25.4 Å². The van der Waals surface area contributed by atoms with E-state index in [9.17, 15) is 0 Å². The Balaban J connectivity index is 1.72. The summed E-state index contributed by atoms with van der Waals surface area (Å²) in [5.41, 5.74) is 0. The van der Waals surface area contributed by atoms with Crippen LogP contribution >= 0.6 is 0 Å². The predicted molar refractivity (Wildman–Crippen MR) is 102 cm³/mol. The predicted octanol–water partition coefficient (Wildman–Crippen LogP) is 1.54. The van der Waals surface area contributed by atoms with Gasteiger partial charge in [0.05, 0.1) is 12.7 Å². The first-order valence-electron chi connectivity index (χ1n) is 9.68. The van der Waals surface area contributed by atoms with Crippen LogP contribution in [0.3, 0.4) is 0 Å². The standard InChI is InChI=1S/C18H34N6O2/c1-15-22-23-17(24(15)2)14-21-18(20-11-13-25-3)19-10-7-12-26-16-8-5-4-6-9-16/h16H,4-14H2,1-3H3,(H2,19,20,21). The maximum absolute atomic E-state index is 5.97. The van der Waals surface area contributed by atoms with E-state index in [2.05, 4.69) is 25.8 Å². The van der Waals surface area contributed by atoms with E-state index in [4.69, 9.17) is 9.47 Å². The fraction of sp³-hybridized carbons (Fsp3) is 0.833. The van der Waals surface area contributed by atoms with E-state index in [-0.39, 0.29) is 0 Å². The van der Waals surface area contributed by atoms with Gasteiger partial charge in [-0.3, -0.25) is 0 Å². The summed E-state index contributed by atoms with van der Waals surface area (Å²) < 4.78 is 13.0. The maximum Gasteiger partial charge on any atom is 0.191 e. The molecule has 0 unspecified atom stereocenters. The Morgan fingerprint density at radius 3 is 2.62 bits per heavy atom. The van der Waals surface area contributed by atoms with Gasteiger partial charge in [0.15, 0.2) is 11.8 Å². The fourth-order valence-electron chi connectivity index (χ4n) is 2.95. The van der Waals surface area contributed by atoms with Gasteiger partial charge >= 0.3 is 0 Å². The summed E-state index contributed by atoms with van der Waals surface area (Å²) in [6.07, 6.45) is 7.85. The van der Waals surface area contributed by atoms with Crippen LogP contribution in [-0.2, 0) is 23.1 Å². The Labute approximate surface area is 156 Å². The Hall–Kier alpha value is -1.67. The van der Waals surface area contributed by atoms with E-state index in [0.717, 1.165) is 37.2 Å². The first kappa shape index (κ1) is 20.6. The van der Waals surface area contributed by atoms with Crippen molar-refractivity contribution >= 4 is 5.96 Å². The summed E-state index contributed by atoms with van der Waals surface area (Å²) in [6.45, 7) is 5.38. The molecule has 1 heterocycles. The van der Waals surface area contributed by atoms with Crippen LogP contribution < -0.4 is 10.6 Å². The van der Waals surface area contributed by atoms with E-state index >= 15 is 0 Å². The molecular weight excluding hydrogens is 332 g/mol. The van der Waals surface area contributed by atoms with Crippen LogP contribution in [0.15, 0.2) is 4.99 Å². The number of aryl methyl sites for hydroxylation is 1. The van der Waals surface area contributed by atoms with Gasteiger partial charge in [-0.2, -0.15) is 0 Å². The lowest BCUT2D eigenvalue weighted by molar-refractivity contribution is 0.0277. The van der Waals surface area contributed by atoms with Crippen LogP contribution in [0.5, 0.6) is 0 Å². The molecule has 1 saturated carbocycles. The van der Waals surface area contributed by atoms with Crippen LogP contribution in [0.4, 0.5) is 0 Å². The van der Waals surface area contributed by atoms with Gasteiger partial charge in [0.2, 0.25) is 0 Å². The number of ether oxygens (including phenoxy) is 2. The highest BCUT2D eigenvalue weighted by Crippen LogP contribution is 2.20. The van der Waals surface area contributed by atoms with Crippen molar-refractivity contribution in [1.29, 1.82) is 0 Å². The van der Waals surface area contributed by atoms with Gasteiger partial charge in [-0.15, -0.1) is 10.2 Å². The van der Waals surface area contributed by atoms with Gasteiger partial charge < -0.3 is 24.7 Å². The molecule has 0 atom stereocenters. The average Bonchev–Trinajstić information content (AvgIpc) is 2.98. The molecule has 2 N–H and O–H groups in total. The molecule has 1 aliphatic carbocycles. The Morgan fingerprint density at radius 1 is 1.15 bits per heavy atom. The first-order valence-corrected chi connectivity index (χ1v) is 9.68. The molecule has 0 amide bonds. The molecular formula is C18H34N6O2. The number of aromatic nitrogens is 3. The largest absolute Gasteiger partial charge is 0.383 e. The molecule has 8 heteroatoms. The Kier molecular flexibility index (Phi) is 9.41. The molecule has 2 rings (SSSR count). The minimum absolute atomic E-state index is 0.468. The highest BCUT2D eigenvalue weighted by Gasteiger charge is 2.13. The van der Waals surface area contributed by atoms with Gasteiger partial charge in [-0.1, -0.05) is 19.3 Å². The summed E-state index contributed by atoms with van der Waals surface area (Å²) in [7, 11) is 3.64. The van der Waals surface area contributed by atoms with Crippen LogP contribution in [0, 0.1) is 6.92 Å². The van der Waals surface area contributed by atoms with Gasteiger partial charge in [0, 0.05) is 33.9 Å². The molecule has 1 aromatic rings. The minimum atomic E-state index is 0.468. The summed E-state index contributed by atoms with van der Waals surface area (Å²) in [5.74, 6) is 2.49. The SMILES string of the molecule is COCCNC(=NCc1nnc(C)n1C)NCCCOC1CCCCC1. The molecule has 0 spiro atoms. The van der Waals surface area contributed by atoms with E-state index in [1.54, 1.807) is 7.11 Å². The highest BCUT2D eigenvalue weighted by atomic mass is 16.5. The zero-order chi connectivity index (χ0) is 18.6. The van der Waals surface area contributed by atoms with Gasteiger partial charge in [0.25, 0.3) is 0 Å². The first-order chi connectivity index (χ1) is 12.7. The molecule has 8 nitrogen and oxygen atoms in total. The molecule has 0 radical (unpaired) electrons. The minimum Gasteiger partial charge on any atom is -0.383 e. The van der Waals surface area contributed by atoms with Crippen molar-refractivity contribution in [3.8, 4) is 0 Å². The van der Waals surface area contributed by atoms with E-state index in [1.165, 1.54) is 32.1 Å². The maximum atomic E-state index is 5.97. The summed E-state index contributed by atoms with van der Waals surface area (Å²) >= 11 is 0. The number of hydrogen-bond donors (Lipinski definition) is 2. The van der Waals surface area contributed by atoms with Crippen molar-refractivity contribution in [3.05, 3.63) is 11.6 Å². The zero-order valence-corrected chi connectivity index (χ0v) is 16.5. The third-order valence-corrected chi connectivity index (χ3v) is 4.68. The Bertz CT molecular complexity index is 540. The van der Waals surface area contributed by atoms with Crippen LogP contribution in [0.1, 0.15) is 50.2 Å². The molecule has 26 heavy (non-hydrogen) atoms. The lowest BCUT2D eigenvalue weighted by Crippen LogP contribution is -2.39. The van der Waals surface area contributed by atoms with E-state index in [0.29, 0.717) is 25.8 Å². The van der Waals surface area contributed by atoms with Crippen molar-refractivity contribution in [3.63, 3.8) is 0 Å². The van der Waals surface area contributed by atoms with Crippen molar-refractivity contribution < 1.29 is 9.47 Å². The van der Waals surface area contributed by atoms with Crippen LogP contribution in [0.2, 0.25) is 0 Å². The molecule has 1 aliphatic rings. The third kappa shape index (κ3) is 7.29. The van der Waals surface area contributed by atoms with Crippen molar-refractivity contribution in [2.75, 3.05) is 33.4 Å². The second-order valence-corrected chi connectivity index (χ2v) is 6.72. The third-order valence-electron chi connectivity index (χ3n) is 4.68. The topological polar surface area (TPSA) is 85.6 Å². The van der Waals surface area contributed by atoms with Gasteiger partial charge in [-0.25, -0.2) is 4.99 Å². The lowest BCUT2D eigenvalue weighted by Gasteiger charge is -2.22. The second kappa shape index (κ2) is 11.9. The van der Waals surface area contributed by atoms with Crippen LogP contribution in [0.25, 0.3) is 0 Å². The zero-order valence-electron chi connectivity index (χ0n) is 16.5. The van der Waals surface area contributed by atoms with Gasteiger partial charge in [-0.05, 0) is 26.2 Å². The fourth-order valence-corrected chi connectivity index (χ4v) is 2.95. The Morgan fingerprint density at radius 2 is 1.92 bits per heavy atom. The summed E-state index contributed by atoms with van der Waals surface area (Å²) in [6, 6.07) is 0. The normalized spacial score (nSPS) is 16.0. The second-order valence-electron chi connectivity index (χ2n) is 6.72. The molecule has 1 fully saturated rings. The number of methoxy groups -OCH3 is 1. The molecule has 0 aliphatic heterocycles. The van der Waals surface area contributed by atoms with Gasteiger partial charge in [0.1, 0.15) is 12.4 Å². The number of guanidine groups is 1. The van der Waals surface area contributed by atoms with Crippen LogP contribution in [-0.4, -0.2) is 60.2 Å². The number of rotatable bonds is 10. The van der Waals surface area contributed by atoms with E-state index < -0.39 is 0 Å². The van der Waals surface area contributed by atoms with Crippen molar-refractivity contribution in [2.24, 2.45) is 12.0 Å². The summed E-state index contributed by atoms with van der Waals surface area (Å²) in [5, 5.41) is 14.8. The van der Waals surface area contributed by atoms with E-state index in [1.807, 2.05) is 18.5 Å². The molecule has 0 saturated heterocycles. The molecule has 0 bridgehead atoms. The van der Waals surface area contributed by atoms with Crippen molar-refractivity contribution in [2.45, 2.75) is 58.1 Å². The smallest absolute Gasteiger partial charge is 0.191 e. The number of hydrogen-bond acceptors (Lipinski definition) is 5. The highest BCUT2D eigenvalue weighted by molar-refractivity contribution is 5.79. The molecule has 148 valence electrons. The lowest BCUT2D eigenvalue weighted by atomic mass is 9.98. The number of nitrogens with one attached hydrogen (secondary N) is 2. The quantitative estimate of drug-likeness (QED) is 0.371.